The third-order valence-electron chi connectivity index (χ3n) is 2.78. The maximum absolute atomic E-state index is 12.0. The first-order valence-corrected chi connectivity index (χ1v) is 7.77. The fraction of sp³-hybridized carbons (Fsp3) is 0.167. The van der Waals surface area contributed by atoms with Gasteiger partial charge in [-0.1, -0.05) is 24.3 Å². The zero-order valence-electron chi connectivity index (χ0n) is 11.0. The molecule has 2 rings (SSSR count). The summed E-state index contributed by atoms with van der Waals surface area (Å²) in [5.74, 6) is 4.93. The van der Waals surface area contributed by atoms with Crippen molar-refractivity contribution in [1.82, 2.24) is 10.3 Å². The van der Waals surface area contributed by atoms with Crippen LogP contribution in [0.25, 0.3) is 10.8 Å². The molecule has 1 aromatic heterocycles. The van der Waals surface area contributed by atoms with Crippen molar-refractivity contribution in [3.8, 4) is 0 Å². The van der Waals surface area contributed by atoms with E-state index in [0.717, 1.165) is 10.8 Å². The summed E-state index contributed by atoms with van der Waals surface area (Å²) >= 11 is 0. The molecule has 0 unspecified atom stereocenters. The zero-order valence-corrected chi connectivity index (χ0v) is 11.9. The van der Waals surface area contributed by atoms with Crippen LogP contribution in [0.4, 0.5) is 5.82 Å². The van der Waals surface area contributed by atoms with Crippen LogP contribution >= 0.6 is 0 Å². The van der Waals surface area contributed by atoms with Gasteiger partial charge < -0.3 is 10.7 Å². The molecule has 1 heterocycles. The zero-order chi connectivity index (χ0) is 15.5. The second kappa shape index (κ2) is 6.04. The van der Waals surface area contributed by atoms with Crippen molar-refractivity contribution >= 4 is 32.5 Å². The van der Waals surface area contributed by atoms with Gasteiger partial charge in [0.25, 0.3) is 5.91 Å². The highest BCUT2D eigenvalue weighted by Crippen LogP contribution is 2.21. The van der Waals surface area contributed by atoms with E-state index < -0.39 is 15.9 Å². The molecule has 0 aliphatic carbocycles. The number of carbonyl (C=O) groups is 1. The maximum atomic E-state index is 12.0. The second-order valence-electron chi connectivity index (χ2n) is 4.34. The Bertz CT molecular complexity index is 776. The molecule has 1 amide bonds. The highest BCUT2D eigenvalue weighted by Gasteiger charge is 2.12. The lowest BCUT2D eigenvalue weighted by Gasteiger charge is -2.09. The number of fused-ring (bicyclic) bond motifs is 1. The van der Waals surface area contributed by atoms with Gasteiger partial charge in [-0.25, -0.2) is 24.4 Å². The van der Waals surface area contributed by atoms with Gasteiger partial charge in [0, 0.05) is 11.9 Å². The molecule has 0 fully saturated rings. The molecule has 0 aliphatic heterocycles. The van der Waals surface area contributed by atoms with E-state index in [1.54, 1.807) is 6.07 Å². The number of hydrogen-bond donors (Lipinski definition) is 4. The fourth-order valence-electron chi connectivity index (χ4n) is 1.82. The molecule has 8 nitrogen and oxygen atoms in total. The number of nitrogens with one attached hydrogen (secondary N) is 2. The number of nitrogen functional groups attached to an aromatic ring is 1. The van der Waals surface area contributed by atoms with Crippen LogP contribution in [0.2, 0.25) is 0 Å². The third-order valence-corrected chi connectivity index (χ3v) is 3.56. The van der Waals surface area contributed by atoms with E-state index in [-0.39, 0.29) is 18.0 Å². The molecule has 9 heteroatoms. The molecule has 0 radical (unpaired) electrons. The van der Waals surface area contributed by atoms with Crippen molar-refractivity contribution in [3.05, 3.63) is 36.0 Å². The van der Waals surface area contributed by atoms with Gasteiger partial charge in [0.2, 0.25) is 10.0 Å². The predicted octanol–water partition coefficient (Wildman–Crippen LogP) is -0.461. The highest BCUT2D eigenvalue weighted by atomic mass is 32.2. The highest BCUT2D eigenvalue weighted by molar-refractivity contribution is 7.89. The molecule has 0 bridgehead atoms. The Hall–Kier alpha value is -2.23. The molecule has 0 atom stereocenters. The average Bonchev–Trinajstić information content (AvgIpc) is 2.44. The molecule has 6 N–H and O–H groups in total. The summed E-state index contributed by atoms with van der Waals surface area (Å²) < 4.78 is 21.6. The minimum atomic E-state index is -3.62. The molecule has 0 aliphatic rings. The summed E-state index contributed by atoms with van der Waals surface area (Å²) in [6.45, 7) is -0.0858. The number of rotatable bonds is 5. The summed E-state index contributed by atoms with van der Waals surface area (Å²) in [5.41, 5.74) is 2.57. The Kier molecular flexibility index (Phi) is 4.36. The Morgan fingerprint density at radius 1 is 1.29 bits per heavy atom. The fourth-order valence-corrected chi connectivity index (χ4v) is 2.21. The number of hydrazine groups is 1. The van der Waals surface area contributed by atoms with Crippen LogP contribution in [0.5, 0.6) is 0 Å². The monoisotopic (exact) mass is 309 g/mol. The lowest BCUT2D eigenvalue weighted by atomic mass is 10.1. The van der Waals surface area contributed by atoms with E-state index >= 15 is 0 Å². The van der Waals surface area contributed by atoms with Crippen molar-refractivity contribution in [2.45, 2.75) is 0 Å². The summed E-state index contributed by atoms with van der Waals surface area (Å²) in [6.07, 6.45) is 0. The number of nitrogens with two attached hydrogens (primary N) is 2. The van der Waals surface area contributed by atoms with Gasteiger partial charge in [-0.3, -0.25) is 4.79 Å². The van der Waals surface area contributed by atoms with E-state index in [1.165, 1.54) is 0 Å². The van der Waals surface area contributed by atoms with E-state index in [2.05, 4.69) is 15.7 Å². The smallest absolute Gasteiger partial charge is 0.270 e. The number of sulfonamides is 1. The van der Waals surface area contributed by atoms with Crippen molar-refractivity contribution in [3.63, 3.8) is 0 Å². The van der Waals surface area contributed by atoms with Gasteiger partial charge in [0.05, 0.1) is 5.75 Å². The van der Waals surface area contributed by atoms with E-state index in [1.807, 2.05) is 24.3 Å². The number of aromatic nitrogens is 1. The van der Waals surface area contributed by atoms with Gasteiger partial charge in [0.1, 0.15) is 11.5 Å². The minimum absolute atomic E-state index is 0.0858. The Morgan fingerprint density at radius 2 is 2.00 bits per heavy atom. The van der Waals surface area contributed by atoms with Gasteiger partial charge >= 0.3 is 0 Å². The minimum Gasteiger partial charge on any atom is -0.350 e. The molecule has 0 saturated heterocycles. The second-order valence-corrected chi connectivity index (χ2v) is 6.08. The summed E-state index contributed by atoms with van der Waals surface area (Å²) in [5, 5.41) is 8.87. The first-order valence-electron chi connectivity index (χ1n) is 6.06. The predicted molar refractivity (Wildman–Crippen MR) is 79.9 cm³/mol. The van der Waals surface area contributed by atoms with Gasteiger partial charge in [0.15, 0.2) is 0 Å². The molecule has 21 heavy (non-hydrogen) atoms. The first-order chi connectivity index (χ1) is 9.90. The molecule has 2 aromatic rings. The number of benzene rings is 1. The van der Waals surface area contributed by atoms with E-state index in [4.69, 9.17) is 11.0 Å². The number of anilines is 1. The van der Waals surface area contributed by atoms with Crippen LogP contribution < -0.4 is 21.7 Å². The molecule has 0 spiro atoms. The van der Waals surface area contributed by atoms with Gasteiger partial charge in [-0.2, -0.15) is 0 Å². The molecule has 1 aromatic carbocycles. The molecular formula is C12H15N5O3S. The van der Waals surface area contributed by atoms with Crippen LogP contribution in [-0.2, 0) is 10.0 Å². The number of hydrogen-bond acceptors (Lipinski definition) is 6. The third kappa shape index (κ3) is 3.88. The molecule has 0 saturated carbocycles. The topological polar surface area (TPSA) is 140 Å². The SMILES string of the molecule is NNc1nc(C(=O)NCCS(N)(=O)=O)cc2ccccc12. The summed E-state index contributed by atoms with van der Waals surface area (Å²) in [6, 6.07) is 8.89. The molecule has 112 valence electrons. The van der Waals surface area contributed by atoms with Crippen molar-refractivity contribution < 1.29 is 13.2 Å². The lowest BCUT2D eigenvalue weighted by molar-refractivity contribution is 0.0951. The van der Waals surface area contributed by atoms with Crippen LogP contribution in [0.3, 0.4) is 0 Å². The quantitative estimate of drug-likeness (QED) is 0.435. The van der Waals surface area contributed by atoms with Crippen molar-refractivity contribution in [2.75, 3.05) is 17.7 Å². The Morgan fingerprint density at radius 3 is 2.67 bits per heavy atom. The van der Waals surface area contributed by atoms with Crippen LogP contribution in [0.15, 0.2) is 30.3 Å². The maximum Gasteiger partial charge on any atom is 0.270 e. The van der Waals surface area contributed by atoms with Gasteiger partial charge in [-0.15, -0.1) is 0 Å². The number of primary sulfonamides is 1. The summed E-state index contributed by atoms with van der Waals surface area (Å²) in [4.78, 5) is 16.1. The normalized spacial score (nSPS) is 11.3. The molecular weight excluding hydrogens is 294 g/mol. The van der Waals surface area contributed by atoms with Crippen molar-refractivity contribution in [2.24, 2.45) is 11.0 Å². The van der Waals surface area contributed by atoms with E-state index in [0.29, 0.717) is 5.82 Å². The Labute approximate surface area is 121 Å². The number of pyridine rings is 1. The lowest BCUT2D eigenvalue weighted by Crippen LogP contribution is -2.32. The number of amides is 1. The number of nitrogens with zero attached hydrogens (tertiary/aromatic N) is 1. The average molecular weight is 309 g/mol. The largest absolute Gasteiger partial charge is 0.350 e. The van der Waals surface area contributed by atoms with E-state index in [9.17, 15) is 13.2 Å². The standard InChI is InChI=1S/C12H15N5O3S/c13-17-11-9-4-2-1-3-8(9)7-10(16-11)12(18)15-5-6-21(14,19)20/h1-4,7H,5-6,13H2,(H,15,18)(H,16,17)(H2,14,19,20). The van der Waals surface area contributed by atoms with Crippen LogP contribution in [0.1, 0.15) is 10.5 Å². The van der Waals surface area contributed by atoms with Crippen molar-refractivity contribution in [1.29, 1.82) is 0 Å². The van der Waals surface area contributed by atoms with Gasteiger partial charge in [-0.05, 0) is 11.5 Å². The summed E-state index contributed by atoms with van der Waals surface area (Å²) in [7, 11) is -3.62. The Balaban J connectivity index is 2.23. The van der Waals surface area contributed by atoms with Crippen LogP contribution in [-0.4, -0.2) is 31.6 Å². The first kappa shape index (κ1) is 15.2. The number of carbonyl (C=O) groups excluding carboxylic acids is 1. The van der Waals surface area contributed by atoms with Crippen LogP contribution in [0, 0.1) is 0 Å².